The maximum Gasteiger partial charge on any atom is 0.0217 e. The topological polar surface area (TPSA) is 0 Å². The van der Waals surface area contributed by atoms with Crippen molar-refractivity contribution in [2.75, 3.05) is 0 Å². The summed E-state index contributed by atoms with van der Waals surface area (Å²) in [6.45, 7) is 4.58. The Morgan fingerprint density at radius 2 is 1.40 bits per heavy atom. The number of hydrogen-bond acceptors (Lipinski definition) is 0. The molecule has 0 N–H and O–H groups in total. The van der Waals surface area contributed by atoms with E-state index in [1.54, 1.807) is 0 Å². The average molecular weight is 260 g/mol. The third kappa shape index (κ3) is 2.22. The third-order valence-corrected chi connectivity index (χ3v) is 4.26. The molecule has 20 heavy (non-hydrogen) atoms. The van der Waals surface area contributed by atoms with Gasteiger partial charge >= 0.3 is 0 Å². The molecule has 0 bridgehead atoms. The predicted octanol–water partition coefficient (Wildman–Crippen LogP) is 5.38. The molecular weight excluding hydrogens is 240 g/mol. The van der Waals surface area contributed by atoms with Crippen LogP contribution in [0.1, 0.15) is 31.4 Å². The van der Waals surface area contributed by atoms with Crippen molar-refractivity contribution in [3.63, 3.8) is 0 Å². The van der Waals surface area contributed by atoms with Gasteiger partial charge in [-0.25, -0.2) is 0 Å². The molecule has 0 amide bonds. The molecule has 0 aliphatic heterocycles. The van der Waals surface area contributed by atoms with Crippen molar-refractivity contribution in [1.29, 1.82) is 0 Å². The van der Waals surface area contributed by atoms with Crippen LogP contribution in [0.3, 0.4) is 0 Å². The first-order chi connectivity index (χ1) is 9.70. The minimum atomic E-state index is 0.0570. The van der Waals surface area contributed by atoms with Crippen LogP contribution in [-0.4, -0.2) is 0 Å². The van der Waals surface area contributed by atoms with Gasteiger partial charge in [0.2, 0.25) is 0 Å². The predicted molar refractivity (Wildman–Crippen MR) is 86.6 cm³/mol. The molecule has 2 aromatic rings. The van der Waals surface area contributed by atoms with Crippen LogP contribution in [-0.2, 0) is 5.41 Å². The van der Waals surface area contributed by atoms with E-state index in [1.807, 2.05) is 0 Å². The number of rotatable bonds is 2. The van der Waals surface area contributed by atoms with Gasteiger partial charge in [-0.15, -0.1) is 0 Å². The van der Waals surface area contributed by atoms with E-state index in [1.165, 1.54) is 22.3 Å². The number of allylic oxidation sites excluding steroid dienone is 4. The lowest BCUT2D eigenvalue weighted by molar-refractivity contribution is 0.601. The molecule has 0 heterocycles. The number of benzene rings is 2. The molecule has 100 valence electrons. The highest BCUT2D eigenvalue weighted by Gasteiger charge is 2.33. The van der Waals surface area contributed by atoms with Crippen LogP contribution in [0.2, 0.25) is 0 Å². The monoisotopic (exact) mass is 260 g/mol. The molecule has 0 saturated carbocycles. The Bertz CT molecular complexity index is 647. The maximum absolute atomic E-state index is 2.36. The Labute approximate surface area is 121 Å². The SMILES string of the molecule is CC1=CC=C(c2ccccc2)C(C)(c2ccccc2)C1. The molecule has 1 unspecified atom stereocenters. The van der Waals surface area contributed by atoms with Gasteiger partial charge in [0.05, 0.1) is 0 Å². The largest absolute Gasteiger partial charge is 0.0721 e. The number of hydrogen-bond donors (Lipinski definition) is 0. The lowest BCUT2D eigenvalue weighted by atomic mass is 9.67. The molecule has 3 rings (SSSR count). The van der Waals surface area contributed by atoms with Crippen LogP contribution in [0.4, 0.5) is 0 Å². The Morgan fingerprint density at radius 3 is 2.05 bits per heavy atom. The van der Waals surface area contributed by atoms with Crippen LogP contribution < -0.4 is 0 Å². The van der Waals surface area contributed by atoms with E-state index in [9.17, 15) is 0 Å². The van der Waals surface area contributed by atoms with Crippen molar-refractivity contribution in [1.82, 2.24) is 0 Å². The first-order valence-corrected chi connectivity index (χ1v) is 7.19. The fraction of sp³-hybridized carbons (Fsp3) is 0.200. The Balaban J connectivity index is 2.14. The summed E-state index contributed by atoms with van der Waals surface area (Å²) in [4.78, 5) is 0. The zero-order chi connectivity index (χ0) is 14.0. The second kappa shape index (κ2) is 5.13. The lowest BCUT2D eigenvalue weighted by Crippen LogP contribution is -2.26. The van der Waals surface area contributed by atoms with Gasteiger partial charge in [-0.1, -0.05) is 85.3 Å². The van der Waals surface area contributed by atoms with Crippen molar-refractivity contribution in [3.8, 4) is 0 Å². The van der Waals surface area contributed by atoms with Gasteiger partial charge in [0, 0.05) is 5.41 Å². The van der Waals surface area contributed by atoms with Crippen molar-refractivity contribution in [2.45, 2.75) is 25.7 Å². The molecule has 1 aliphatic rings. The van der Waals surface area contributed by atoms with Gasteiger partial charge in [-0.2, -0.15) is 0 Å². The van der Waals surface area contributed by atoms with E-state index in [0.717, 1.165) is 6.42 Å². The molecule has 0 saturated heterocycles. The van der Waals surface area contributed by atoms with Gasteiger partial charge in [-0.3, -0.25) is 0 Å². The maximum atomic E-state index is 2.36. The molecule has 2 aromatic carbocycles. The van der Waals surface area contributed by atoms with Crippen molar-refractivity contribution >= 4 is 5.57 Å². The van der Waals surface area contributed by atoms with E-state index < -0.39 is 0 Å². The van der Waals surface area contributed by atoms with E-state index in [-0.39, 0.29) is 5.41 Å². The highest BCUT2D eigenvalue weighted by atomic mass is 14.4. The minimum Gasteiger partial charge on any atom is -0.0721 e. The lowest BCUT2D eigenvalue weighted by Gasteiger charge is -2.36. The van der Waals surface area contributed by atoms with Crippen LogP contribution in [0.25, 0.3) is 5.57 Å². The van der Waals surface area contributed by atoms with Crippen molar-refractivity contribution < 1.29 is 0 Å². The van der Waals surface area contributed by atoms with E-state index in [4.69, 9.17) is 0 Å². The molecule has 0 aromatic heterocycles. The Kier molecular flexibility index (Phi) is 3.31. The van der Waals surface area contributed by atoms with Gasteiger partial charge in [-0.05, 0) is 30.0 Å². The quantitative estimate of drug-likeness (QED) is 0.680. The molecule has 0 fully saturated rings. The fourth-order valence-corrected chi connectivity index (χ4v) is 3.22. The van der Waals surface area contributed by atoms with Gasteiger partial charge < -0.3 is 0 Å². The molecule has 0 heteroatoms. The minimum absolute atomic E-state index is 0.0570. The van der Waals surface area contributed by atoms with Gasteiger partial charge in [0.25, 0.3) is 0 Å². The molecule has 0 radical (unpaired) electrons. The summed E-state index contributed by atoms with van der Waals surface area (Å²) < 4.78 is 0. The first kappa shape index (κ1) is 12.9. The molecule has 1 atom stereocenters. The second-order valence-electron chi connectivity index (χ2n) is 5.83. The first-order valence-electron chi connectivity index (χ1n) is 7.19. The van der Waals surface area contributed by atoms with Crippen LogP contribution >= 0.6 is 0 Å². The van der Waals surface area contributed by atoms with E-state index in [2.05, 4.69) is 86.7 Å². The summed E-state index contributed by atoms with van der Waals surface area (Å²) in [5, 5.41) is 0. The summed E-state index contributed by atoms with van der Waals surface area (Å²) >= 11 is 0. The summed E-state index contributed by atoms with van der Waals surface area (Å²) in [6.07, 6.45) is 5.63. The summed E-state index contributed by atoms with van der Waals surface area (Å²) in [7, 11) is 0. The molecule has 0 nitrogen and oxygen atoms in total. The third-order valence-electron chi connectivity index (χ3n) is 4.26. The summed E-state index contributed by atoms with van der Waals surface area (Å²) in [5.41, 5.74) is 5.62. The average Bonchev–Trinajstić information content (AvgIpc) is 2.49. The highest BCUT2D eigenvalue weighted by molar-refractivity contribution is 5.78. The van der Waals surface area contributed by atoms with Crippen LogP contribution in [0.5, 0.6) is 0 Å². The van der Waals surface area contributed by atoms with Crippen molar-refractivity contribution in [2.24, 2.45) is 0 Å². The van der Waals surface area contributed by atoms with E-state index in [0.29, 0.717) is 0 Å². The Hall–Kier alpha value is -2.08. The normalized spacial score (nSPS) is 22.1. The fourth-order valence-electron chi connectivity index (χ4n) is 3.22. The standard InChI is InChI=1S/C20H20/c1-16-13-14-19(17-9-5-3-6-10-17)20(2,15-16)18-11-7-4-8-12-18/h3-14H,15H2,1-2H3. The zero-order valence-electron chi connectivity index (χ0n) is 12.1. The molecular formula is C20H20. The summed E-state index contributed by atoms with van der Waals surface area (Å²) in [6, 6.07) is 21.6. The van der Waals surface area contributed by atoms with E-state index >= 15 is 0 Å². The van der Waals surface area contributed by atoms with Crippen molar-refractivity contribution in [3.05, 3.63) is 89.5 Å². The van der Waals surface area contributed by atoms with Gasteiger partial charge in [0.15, 0.2) is 0 Å². The molecule has 0 spiro atoms. The van der Waals surface area contributed by atoms with Gasteiger partial charge in [0.1, 0.15) is 0 Å². The zero-order valence-corrected chi connectivity index (χ0v) is 12.1. The smallest absolute Gasteiger partial charge is 0.0217 e. The highest BCUT2D eigenvalue weighted by Crippen LogP contribution is 2.45. The summed E-state index contributed by atoms with van der Waals surface area (Å²) in [5.74, 6) is 0. The second-order valence-corrected chi connectivity index (χ2v) is 5.83. The van der Waals surface area contributed by atoms with Crippen LogP contribution in [0, 0.1) is 0 Å². The molecule has 1 aliphatic carbocycles. The van der Waals surface area contributed by atoms with Crippen LogP contribution in [0.15, 0.2) is 78.4 Å². The Morgan fingerprint density at radius 1 is 0.800 bits per heavy atom.